The standard InChI is InChI=1S/C24H28N2O4S2/c1-3-4-5-16-32(28,29)21-13-6-18(7-14-21)8-15-23(27)26-24-25-22(17-31-24)19-9-11-20(30-2)12-10-19/h6-15,22H,3-5,16-17H2,1-2H3,(H,25,26,27)/b15-8+. The minimum atomic E-state index is -3.26. The van der Waals surface area contributed by atoms with Crippen molar-refractivity contribution in [2.24, 2.45) is 4.99 Å². The molecule has 1 aliphatic rings. The van der Waals surface area contributed by atoms with Crippen LogP contribution in [-0.4, -0.2) is 38.1 Å². The van der Waals surface area contributed by atoms with E-state index in [2.05, 4.69) is 10.3 Å². The Labute approximate surface area is 194 Å². The summed E-state index contributed by atoms with van der Waals surface area (Å²) in [6, 6.07) is 14.3. The topological polar surface area (TPSA) is 84.8 Å². The van der Waals surface area contributed by atoms with Crippen molar-refractivity contribution in [3.8, 4) is 5.75 Å². The number of hydrogen-bond acceptors (Lipinski definition) is 6. The number of carbonyl (C=O) groups is 1. The Balaban J connectivity index is 1.55. The number of aliphatic imine (C=N–C) groups is 1. The molecule has 0 saturated carbocycles. The predicted molar refractivity (Wildman–Crippen MR) is 131 cm³/mol. The van der Waals surface area contributed by atoms with Crippen LogP contribution in [0.5, 0.6) is 5.75 Å². The Morgan fingerprint density at radius 3 is 2.53 bits per heavy atom. The van der Waals surface area contributed by atoms with E-state index >= 15 is 0 Å². The van der Waals surface area contributed by atoms with E-state index in [0.717, 1.165) is 35.5 Å². The van der Waals surface area contributed by atoms with Crippen LogP contribution in [0, 0.1) is 0 Å². The molecule has 1 atom stereocenters. The van der Waals surface area contributed by atoms with E-state index in [-0.39, 0.29) is 17.7 Å². The second-order valence-electron chi connectivity index (χ2n) is 7.45. The van der Waals surface area contributed by atoms with Gasteiger partial charge in [0.2, 0.25) is 5.91 Å². The van der Waals surface area contributed by atoms with Crippen molar-refractivity contribution in [2.45, 2.75) is 37.1 Å². The maximum absolute atomic E-state index is 12.3. The number of unbranched alkanes of at least 4 members (excludes halogenated alkanes) is 2. The molecule has 1 amide bonds. The summed E-state index contributed by atoms with van der Waals surface area (Å²) in [6.45, 7) is 2.04. The molecule has 0 aromatic heterocycles. The van der Waals surface area contributed by atoms with Crippen molar-refractivity contribution in [1.29, 1.82) is 0 Å². The van der Waals surface area contributed by atoms with Crippen molar-refractivity contribution < 1.29 is 17.9 Å². The van der Waals surface area contributed by atoms with Crippen LogP contribution < -0.4 is 10.1 Å². The van der Waals surface area contributed by atoms with Crippen molar-refractivity contribution in [2.75, 3.05) is 18.6 Å². The zero-order valence-electron chi connectivity index (χ0n) is 18.3. The van der Waals surface area contributed by atoms with Crippen LogP contribution in [0.15, 0.2) is 64.5 Å². The van der Waals surface area contributed by atoms with Crippen molar-refractivity contribution in [3.63, 3.8) is 0 Å². The first-order chi connectivity index (χ1) is 15.4. The van der Waals surface area contributed by atoms with Crippen molar-refractivity contribution >= 4 is 38.7 Å². The van der Waals surface area contributed by atoms with Crippen LogP contribution in [0.3, 0.4) is 0 Å². The summed E-state index contributed by atoms with van der Waals surface area (Å²) in [5.41, 5.74) is 1.83. The van der Waals surface area contributed by atoms with E-state index in [9.17, 15) is 13.2 Å². The predicted octanol–water partition coefficient (Wildman–Crippen LogP) is 4.63. The van der Waals surface area contributed by atoms with Gasteiger partial charge in [0, 0.05) is 11.8 Å². The highest BCUT2D eigenvalue weighted by Crippen LogP contribution is 2.30. The highest BCUT2D eigenvalue weighted by atomic mass is 32.2. The summed E-state index contributed by atoms with van der Waals surface area (Å²) in [6.07, 6.45) is 5.63. The quantitative estimate of drug-likeness (QED) is 0.425. The number of nitrogens with one attached hydrogen (secondary N) is 1. The molecule has 0 aliphatic carbocycles. The number of ether oxygens (including phenoxy) is 1. The van der Waals surface area contributed by atoms with Crippen LogP contribution in [0.4, 0.5) is 0 Å². The van der Waals surface area contributed by atoms with Crippen LogP contribution in [0.25, 0.3) is 6.08 Å². The van der Waals surface area contributed by atoms with Gasteiger partial charge in [0.05, 0.1) is 23.8 Å². The van der Waals surface area contributed by atoms with Gasteiger partial charge in [0.1, 0.15) is 5.75 Å². The maximum atomic E-state index is 12.3. The van der Waals surface area contributed by atoms with E-state index in [1.165, 1.54) is 17.8 Å². The number of amides is 1. The molecular formula is C24H28N2O4S2. The van der Waals surface area contributed by atoms with Gasteiger partial charge in [-0.15, -0.1) is 0 Å². The third-order valence-corrected chi connectivity index (χ3v) is 7.84. The van der Waals surface area contributed by atoms with Crippen LogP contribution in [-0.2, 0) is 14.6 Å². The Hall–Kier alpha value is -2.58. The number of amidine groups is 1. The third-order valence-electron chi connectivity index (χ3n) is 5.06. The molecule has 8 heteroatoms. The van der Waals surface area contributed by atoms with Gasteiger partial charge in [0.15, 0.2) is 15.0 Å². The smallest absolute Gasteiger partial charge is 0.249 e. The molecule has 3 rings (SSSR count). The number of carbonyl (C=O) groups excluding carboxylic acids is 1. The minimum absolute atomic E-state index is 0.00277. The van der Waals surface area contributed by atoms with E-state index in [1.54, 1.807) is 37.5 Å². The molecule has 0 bridgehead atoms. The number of methoxy groups -OCH3 is 1. The maximum Gasteiger partial charge on any atom is 0.249 e. The first kappa shape index (κ1) is 24.1. The lowest BCUT2D eigenvalue weighted by Gasteiger charge is -2.06. The molecule has 0 fully saturated rings. The van der Waals surface area contributed by atoms with Crippen LogP contribution in [0.1, 0.15) is 43.4 Å². The average Bonchev–Trinajstić information content (AvgIpc) is 3.26. The van der Waals surface area contributed by atoms with Gasteiger partial charge < -0.3 is 10.1 Å². The SMILES string of the molecule is CCCCCS(=O)(=O)c1ccc(/C=C/C(=O)NC2=NC(c3ccc(OC)cc3)CS2)cc1. The molecule has 6 nitrogen and oxygen atoms in total. The molecule has 2 aromatic carbocycles. The third kappa shape index (κ3) is 6.71. The van der Waals surface area contributed by atoms with Gasteiger partial charge in [-0.05, 0) is 47.9 Å². The zero-order valence-corrected chi connectivity index (χ0v) is 19.9. The largest absolute Gasteiger partial charge is 0.497 e. The molecule has 1 heterocycles. The lowest BCUT2D eigenvalue weighted by Crippen LogP contribution is -2.25. The molecule has 0 radical (unpaired) electrons. The Bertz CT molecular complexity index is 1080. The van der Waals surface area contributed by atoms with E-state index in [0.29, 0.717) is 16.5 Å². The lowest BCUT2D eigenvalue weighted by atomic mass is 10.1. The van der Waals surface area contributed by atoms with Crippen molar-refractivity contribution in [1.82, 2.24) is 5.32 Å². The van der Waals surface area contributed by atoms with Crippen molar-refractivity contribution in [3.05, 3.63) is 65.7 Å². The van der Waals surface area contributed by atoms with E-state index in [4.69, 9.17) is 4.74 Å². The van der Waals surface area contributed by atoms with Crippen LogP contribution >= 0.6 is 11.8 Å². The average molecular weight is 473 g/mol. The first-order valence-electron chi connectivity index (χ1n) is 10.6. The number of rotatable bonds is 9. The summed E-state index contributed by atoms with van der Waals surface area (Å²) in [5, 5.41) is 3.39. The van der Waals surface area contributed by atoms with Gasteiger partial charge in [-0.2, -0.15) is 0 Å². The Morgan fingerprint density at radius 1 is 1.16 bits per heavy atom. The summed E-state index contributed by atoms with van der Waals surface area (Å²) < 4.78 is 29.8. The first-order valence-corrected chi connectivity index (χ1v) is 13.2. The molecule has 1 unspecified atom stereocenters. The molecule has 1 aliphatic heterocycles. The monoisotopic (exact) mass is 472 g/mol. The molecule has 170 valence electrons. The fraction of sp³-hybridized carbons (Fsp3) is 0.333. The van der Waals surface area contributed by atoms with Gasteiger partial charge >= 0.3 is 0 Å². The minimum Gasteiger partial charge on any atom is -0.497 e. The normalized spacial score (nSPS) is 16.2. The second-order valence-corrected chi connectivity index (χ2v) is 10.6. The summed E-state index contributed by atoms with van der Waals surface area (Å²) in [4.78, 5) is 17.2. The van der Waals surface area contributed by atoms with E-state index in [1.807, 2.05) is 31.2 Å². The Kier molecular flexibility index (Phi) is 8.53. The summed E-state index contributed by atoms with van der Waals surface area (Å²) in [5.74, 6) is 1.45. The van der Waals surface area contributed by atoms with Gasteiger partial charge in [0.25, 0.3) is 0 Å². The molecule has 0 saturated heterocycles. The zero-order chi connectivity index (χ0) is 23.0. The number of nitrogens with zero attached hydrogens (tertiary/aromatic N) is 1. The lowest BCUT2D eigenvalue weighted by molar-refractivity contribution is -0.115. The number of hydrogen-bond donors (Lipinski definition) is 1. The highest BCUT2D eigenvalue weighted by Gasteiger charge is 2.21. The Morgan fingerprint density at radius 2 is 1.88 bits per heavy atom. The number of sulfone groups is 1. The van der Waals surface area contributed by atoms with Gasteiger partial charge in [-0.3, -0.25) is 9.79 Å². The molecule has 2 aromatic rings. The fourth-order valence-electron chi connectivity index (χ4n) is 3.20. The fourth-order valence-corrected chi connectivity index (χ4v) is 5.53. The molecule has 0 spiro atoms. The molecule has 32 heavy (non-hydrogen) atoms. The van der Waals surface area contributed by atoms with Crippen LogP contribution in [0.2, 0.25) is 0 Å². The van der Waals surface area contributed by atoms with Gasteiger partial charge in [-0.1, -0.05) is 55.8 Å². The summed E-state index contributed by atoms with van der Waals surface area (Å²) in [7, 11) is -1.63. The molecular weight excluding hydrogens is 444 g/mol. The highest BCUT2D eigenvalue weighted by molar-refractivity contribution is 8.14. The number of thioether (sulfide) groups is 1. The van der Waals surface area contributed by atoms with E-state index < -0.39 is 9.84 Å². The summed E-state index contributed by atoms with van der Waals surface area (Å²) >= 11 is 1.50. The second kappa shape index (κ2) is 11.3. The molecule has 1 N–H and O–H groups in total. The number of benzene rings is 2. The van der Waals surface area contributed by atoms with Gasteiger partial charge in [-0.25, -0.2) is 8.42 Å².